The van der Waals surface area contributed by atoms with Gasteiger partial charge in [0.05, 0.1) is 4.90 Å². The van der Waals surface area contributed by atoms with Gasteiger partial charge in [-0.1, -0.05) is 19.8 Å². The molecule has 1 saturated carbocycles. The third-order valence-corrected chi connectivity index (χ3v) is 5.33. The van der Waals surface area contributed by atoms with Crippen molar-refractivity contribution in [3.63, 3.8) is 0 Å². The van der Waals surface area contributed by atoms with E-state index >= 15 is 0 Å². The first-order valence-electron chi connectivity index (χ1n) is 6.82. The highest BCUT2D eigenvalue weighted by Gasteiger charge is 2.21. The van der Waals surface area contributed by atoms with Crippen LogP contribution in [-0.2, 0) is 10.0 Å². The molecule has 0 spiro atoms. The summed E-state index contributed by atoms with van der Waals surface area (Å²) >= 11 is 0. The highest BCUT2D eigenvalue weighted by Crippen LogP contribution is 2.28. The van der Waals surface area contributed by atoms with Crippen molar-refractivity contribution in [1.29, 1.82) is 0 Å². The van der Waals surface area contributed by atoms with Crippen LogP contribution in [0.4, 0.5) is 5.69 Å². The van der Waals surface area contributed by atoms with Gasteiger partial charge in [-0.2, -0.15) is 0 Å². The second kappa shape index (κ2) is 5.92. The fourth-order valence-corrected chi connectivity index (χ4v) is 3.61. The first kappa shape index (κ1) is 14.3. The van der Waals surface area contributed by atoms with Gasteiger partial charge >= 0.3 is 0 Å². The van der Waals surface area contributed by atoms with Crippen LogP contribution >= 0.6 is 0 Å². The lowest BCUT2D eigenvalue weighted by Gasteiger charge is -2.26. The van der Waals surface area contributed by atoms with Crippen LogP contribution in [0.2, 0.25) is 0 Å². The van der Waals surface area contributed by atoms with E-state index in [1.807, 2.05) is 0 Å². The summed E-state index contributed by atoms with van der Waals surface area (Å²) in [6, 6.07) is 6.30. The SMILES string of the molecule is CC1CCC(CNS(=O)(=O)c2ccc(N)cc2)CC1. The number of benzene rings is 1. The number of nitrogens with one attached hydrogen (secondary N) is 1. The number of hydrogen-bond acceptors (Lipinski definition) is 3. The Bertz CT molecular complexity index is 503. The Kier molecular flexibility index (Phi) is 4.47. The predicted octanol–water partition coefficient (Wildman–Crippen LogP) is 2.37. The number of nitrogen functional groups attached to an aromatic ring is 1. The molecular formula is C14H22N2O2S. The van der Waals surface area contributed by atoms with Gasteiger partial charge in [0.2, 0.25) is 10.0 Å². The number of anilines is 1. The molecule has 0 atom stereocenters. The zero-order valence-electron chi connectivity index (χ0n) is 11.3. The Hall–Kier alpha value is -1.07. The molecule has 0 radical (unpaired) electrons. The molecule has 1 aliphatic rings. The largest absolute Gasteiger partial charge is 0.399 e. The maximum absolute atomic E-state index is 12.1. The van der Waals surface area contributed by atoms with Crippen LogP contribution in [-0.4, -0.2) is 15.0 Å². The molecule has 0 bridgehead atoms. The van der Waals surface area contributed by atoms with E-state index in [9.17, 15) is 8.42 Å². The summed E-state index contributed by atoms with van der Waals surface area (Å²) in [5.41, 5.74) is 6.13. The molecule has 0 aromatic heterocycles. The van der Waals surface area contributed by atoms with E-state index in [1.54, 1.807) is 24.3 Å². The predicted molar refractivity (Wildman–Crippen MR) is 77.2 cm³/mol. The Morgan fingerprint density at radius 1 is 1.16 bits per heavy atom. The maximum atomic E-state index is 12.1. The fraction of sp³-hybridized carbons (Fsp3) is 0.571. The molecule has 1 fully saturated rings. The standard InChI is InChI=1S/C14H22N2O2S/c1-11-2-4-12(5-3-11)10-16-19(17,18)14-8-6-13(15)7-9-14/h6-9,11-12,16H,2-5,10,15H2,1H3. The summed E-state index contributed by atoms with van der Waals surface area (Å²) in [5.74, 6) is 1.25. The summed E-state index contributed by atoms with van der Waals surface area (Å²) < 4.78 is 26.9. The van der Waals surface area contributed by atoms with Crippen LogP contribution in [0.15, 0.2) is 29.2 Å². The van der Waals surface area contributed by atoms with Crippen LogP contribution in [0, 0.1) is 11.8 Å². The molecule has 19 heavy (non-hydrogen) atoms. The van der Waals surface area contributed by atoms with Gasteiger partial charge in [-0.3, -0.25) is 0 Å². The van der Waals surface area contributed by atoms with Crippen molar-refractivity contribution in [2.45, 2.75) is 37.5 Å². The van der Waals surface area contributed by atoms with E-state index in [0.29, 0.717) is 18.2 Å². The summed E-state index contributed by atoms with van der Waals surface area (Å²) in [6.45, 7) is 2.80. The first-order chi connectivity index (χ1) is 8.97. The minimum atomic E-state index is -3.40. The van der Waals surface area contributed by atoms with Crippen molar-refractivity contribution in [2.75, 3.05) is 12.3 Å². The topological polar surface area (TPSA) is 72.2 Å². The zero-order valence-corrected chi connectivity index (χ0v) is 12.1. The van der Waals surface area contributed by atoms with E-state index in [-0.39, 0.29) is 4.90 Å². The molecule has 4 nitrogen and oxygen atoms in total. The molecule has 2 rings (SSSR count). The third-order valence-electron chi connectivity index (χ3n) is 3.89. The van der Waals surface area contributed by atoms with Crippen LogP contribution in [0.5, 0.6) is 0 Å². The highest BCUT2D eigenvalue weighted by molar-refractivity contribution is 7.89. The van der Waals surface area contributed by atoms with Crippen molar-refractivity contribution in [3.05, 3.63) is 24.3 Å². The second-order valence-corrected chi connectivity index (χ2v) is 7.31. The quantitative estimate of drug-likeness (QED) is 0.833. The van der Waals surface area contributed by atoms with Crippen molar-refractivity contribution >= 4 is 15.7 Å². The van der Waals surface area contributed by atoms with Crippen molar-refractivity contribution < 1.29 is 8.42 Å². The van der Waals surface area contributed by atoms with Gasteiger partial charge in [-0.15, -0.1) is 0 Å². The van der Waals surface area contributed by atoms with Crippen molar-refractivity contribution in [1.82, 2.24) is 4.72 Å². The van der Waals surface area contributed by atoms with Crippen molar-refractivity contribution in [2.24, 2.45) is 11.8 Å². The van der Waals surface area contributed by atoms with E-state index in [1.165, 1.54) is 12.8 Å². The van der Waals surface area contributed by atoms with E-state index in [2.05, 4.69) is 11.6 Å². The maximum Gasteiger partial charge on any atom is 0.240 e. The van der Waals surface area contributed by atoms with Gasteiger partial charge in [-0.05, 0) is 48.9 Å². The van der Waals surface area contributed by atoms with Crippen molar-refractivity contribution in [3.8, 4) is 0 Å². The number of hydrogen-bond donors (Lipinski definition) is 2. The fourth-order valence-electron chi connectivity index (χ4n) is 2.49. The molecule has 1 aromatic carbocycles. The molecule has 0 saturated heterocycles. The molecule has 0 amide bonds. The summed E-state index contributed by atoms with van der Waals surface area (Å²) in [6.07, 6.45) is 4.64. The summed E-state index contributed by atoms with van der Waals surface area (Å²) in [7, 11) is -3.40. The van der Waals surface area contributed by atoms with E-state index in [0.717, 1.165) is 18.8 Å². The average Bonchev–Trinajstić information content (AvgIpc) is 2.39. The minimum Gasteiger partial charge on any atom is -0.399 e. The Balaban J connectivity index is 1.92. The lowest BCUT2D eigenvalue weighted by Crippen LogP contribution is -2.31. The Morgan fingerprint density at radius 2 is 1.74 bits per heavy atom. The molecule has 3 N–H and O–H groups in total. The lowest BCUT2D eigenvalue weighted by atomic mass is 9.83. The molecule has 0 aliphatic heterocycles. The summed E-state index contributed by atoms with van der Waals surface area (Å²) in [4.78, 5) is 0.283. The highest BCUT2D eigenvalue weighted by atomic mass is 32.2. The smallest absolute Gasteiger partial charge is 0.240 e. The zero-order chi connectivity index (χ0) is 13.9. The van der Waals surface area contributed by atoms with Gasteiger partial charge < -0.3 is 5.73 Å². The van der Waals surface area contributed by atoms with Gasteiger partial charge in [0.25, 0.3) is 0 Å². The van der Waals surface area contributed by atoms with Gasteiger partial charge in [0.15, 0.2) is 0 Å². The third kappa shape index (κ3) is 3.94. The Morgan fingerprint density at radius 3 is 2.32 bits per heavy atom. The molecular weight excluding hydrogens is 260 g/mol. The normalized spacial score (nSPS) is 24.3. The van der Waals surface area contributed by atoms with Crippen LogP contribution in [0.1, 0.15) is 32.6 Å². The molecule has 0 unspecified atom stereocenters. The molecule has 5 heteroatoms. The number of rotatable bonds is 4. The number of nitrogens with two attached hydrogens (primary N) is 1. The molecule has 1 aliphatic carbocycles. The van der Waals surface area contributed by atoms with Crippen LogP contribution in [0.25, 0.3) is 0 Å². The average molecular weight is 282 g/mol. The first-order valence-corrected chi connectivity index (χ1v) is 8.31. The van der Waals surface area contributed by atoms with Gasteiger partial charge in [-0.25, -0.2) is 13.1 Å². The molecule has 0 heterocycles. The second-order valence-electron chi connectivity index (χ2n) is 5.55. The number of sulfonamides is 1. The van der Waals surface area contributed by atoms with Gasteiger partial charge in [0.1, 0.15) is 0 Å². The van der Waals surface area contributed by atoms with Gasteiger partial charge in [0, 0.05) is 12.2 Å². The lowest BCUT2D eigenvalue weighted by molar-refractivity contribution is 0.290. The van der Waals surface area contributed by atoms with E-state index in [4.69, 9.17) is 5.73 Å². The van der Waals surface area contributed by atoms with Crippen LogP contribution in [0.3, 0.4) is 0 Å². The van der Waals surface area contributed by atoms with E-state index < -0.39 is 10.0 Å². The summed E-state index contributed by atoms with van der Waals surface area (Å²) in [5, 5.41) is 0. The minimum absolute atomic E-state index is 0.283. The van der Waals surface area contributed by atoms with Crippen LogP contribution < -0.4 is 10.5 Å². The molecule has 1 aromatic rings. The Labute approximate surface area is 115 Å². The molecule has 106 valence electrons. The monoisotopic (exact) mass is 282 g/mol.